The molecule has 0 bridgehead atoms. The van der Waals surface area contributed by atoms with Gasteiger partial charge in [0.25, 0.3) is 0 Å². The topological polar surface area (TPSA) is 76.1 Å². The largest absolute Gasteiger partial charge is 0.444 e. The van der Waals surface area contributed by atoms with E-state index in [0.717, 1.165) is 0 Å². The van der Waals surface area contributed by atoms with E-state index < -0.39 is 29.8 Å². The first-order valence-electron chi connectivity index (χ1n) is 7.71. The summed E-state index contributed by atoms with van der Waals surface area (Å²) >= 11 is 0. The van der Waals surface area contributed by atoms with Gasteiger partial charge >= 0.3 is 12.1 Å². The predicted octanol–water partition coefficient (Wildman–Crippen LogP) is 2.35. The lowest BCUT2D eigenvalue weighted by Gasteiger charge is -2.37. The first-order valence-corrected chi connectivity index (χ1v) is 7.71. The van der Waals surface area contributed by atoms with Gasteiger partial charge in [-0.05, 0) is 45.7 Å². The van der Waals surface area contributed by atoms with Crippen LogP contribution in [-0.2, 0) is 9.53 Å². The highest BCUT2D eigenvalue weighted by atomic mass is 16.6. The maximum atomic E-state index is 12.4. The molecule has 1 N–H and O–H groups in total. The molecule has 23 heavy (non-hydrogen) atoms. The van der Waals surface area contributed by atoms with Gasteiger partial charge in [-0.1, -0.05) is 18.2 Å². The molecule has 2 rings (SSSR count). The van der Waals surface area contributed by atoms with E-state index in [-0.39, 0.29) is 6.54 Å². The fourth-order valence-electron chi connectivity index (χ4n) is 2.39. The van der Waals surface area contributed by atoms with Crippen LogP contribution in [0.15, 0.2) is 30.3 Å². The van der Waals surface area contributed by atoms with Crippen LogP contribution in [0.3, 0.4) is 0 Å². The van der Waals surface area contributed by atoms with Gasteiger partial charge in [-0.15, -0.1) is 0 Å². The van der Waals surface area contributed by atoms with Crippen molar-refractivity contribution in [1.82, 2.24) is 4.90 Å². The molecule has 0 spiro atoms. The molecule has 6 heteroatoms. The number of aliphatic hydroxyl groups is 1. The minimum Gasteiger partial charge on any atom is -0.444 e. The quantitative estimate of drug-likeness (QED) is 0.668. The summed E-state index contributed by atoms with van der Waals surface area (Å²) < 4.78 is 10.7. The first-order chi connectivity index (χ1) is 10.8. The molecule has 1 saturated heterocycles. The molecule has 1 heterocycles. The number of ether oxygens (including phenoxy) is 2. The Hall–Kier alpha value is -2.08. The van der Waals surface area contributed by atoms with Crippen LogP contribution in [0.5, 0.6) is 5.75 Å². The molecule has 1 fully saturated rings. The Labute approximate surface area is 136 Å². The molecular formula is C17H23NO5. The molecule has 1 aromatic rings. The van der Waals surface area contributed by atoms with E-state index in [1.165, 1.54) is 4.90 Å². The van der Waals surface area contributed by atoms with E-state index in [0.29, 0.717) is 18.6 Å². The first kappa shape index (κ1) is 17.3. The summed E-state index contributed by atoms with van der Waals surface area (Å²) in [6, 6.07) is 7.94. The summed E-state index contributed by atoms with van der Waals surface area (Å²) in [5.74, 6) is -0.0956. The maximum absolute atomic E-state index is 12.4. The van der Waals surface area contributed by atoms with Crippen LogP contribution in [0.1, 0.15) is 33.6 Å². The van der Waals surface area contributed by atoms with Crippen LogP contribution in [0.2, 0.25) is 0 Å². The fourth-order valence-corrected chi connectivity index (χ4v) is 2.39. The molecule has 0 unspecified atom stereocenters. The van der Waals surface area contributed by atoms with E-state index in [1.807, 2.05) is 6.07 Å². The van der Waals surface area contributed by atoms with Crippen LogP contribution < -0.4 is 4.74 Å². The van der Waals surface area contributed by atoms with Gasteiger partial charge in [0.1, 0.15) is 17.4 Å². The summed E-state index contributed by atoms with van der Waals surface area (Å²) in [5.41, 5.74) is -0.673. The molecule has 1 aliphatic rings. The third-order valence-electron chi connectivity index (χ3n) is 3.42. The Morgan fingerprint density at radius 1 is 1.17 bits per heavy atom. The molecular weight excluding hydrogens is 298 g/mol. The van der Waals surface area contributed by atoms with Crippen LogP contribution in [0.25, 0.3) is 0 Å². The standard InChI is InChI=1S/C17H23NO5/c1-17(2,3)23-16(21)18-11-12(19)9-10-14(18)15(20)22-13-7-5-4-6-8-13/h4-8,12,14,19H,9-11H2,1-3H3/t12-,14+/m1/s1. The van der Waals surface area contributed by atoms with Crippen molar-refractivity contribution in [2.24, 2.45) is 0 Å². The van der Waals surface area contributed by atoms with E-state index in [4.69, 9.17) is 9.47 Å². The lowest BCUT2D eigenvalue weighted by molar-refractivity contribution is -0.143. The molecule has 2 atom stereocenters. The summed E-state index contributed by atoms with van der Waals surface area (Å²) in [5, 5.41) is 9.81. The fraction of sp³-hybridized carbons (Fsp3) is 0.529. The Bertz CT molecular complexity index is 552. The number of carbonyl (C=O) groups excluding carboxylic acids is 2. The van der Waals surface area contributed by atoms with Gasteiger partial charge in [0.05, 0.1) is 12.6 Å². The van der Waals surface area contributed by atoms with Crippen molar-refractivity contribution in [3.8, 4) is 5.75 Å². The number of esters is 1. The number of β-amino-alcohol motifs (C(OH)–C–C–N with tert-alkyl or cyclic N) is 1. The number of hydrogen-bond acceptors (Lipinski definition) is 5. The van der Waals surface area contributed by atoms with Crippen LogP contribution in [-0.4, -0.2) is 46.4 Å². The van der Waals surface area contributed by atoms with Gasteiger partial charge < -0.3 is 14.6 Å². The van der Waals surface area contributed by atoms with Crippen molar-refractivity contribution in [2.45, 2.75) is 51.4 Å². The minimum atomic E-state index is -0.756. The number of rotatable bonds is 2. The zero-order valence-corrected chi connectivity index (χ0v) is 13.7. The highest BCUT2D eigenvalue weighted by Crippen LogP contribution is 2.22. The van der Waals surface area contributed by atoms with Crippen LogP contribution in [0, 0.1) is 0 Å². The number of benzene rings is 1. The van der Waals surface area contributed by atoms with Crippen molar-refractivity contribution in [1.29, 1.82) is 0 Å². The summed E-state index contributed by atoms with van der Waals surface area (Å²) in [6.07, 6.45) is -0.505. The third-order valence-corrected chi connectivity index (χ3v) is 3.42. The Morgan fingerprint density at radius 2 is 1.83 bits per heavy atom. The SMILES string of the molecule is CC(C)(C)OC(=O)N1C[C@H](O)CC[C@H]1C(=O)Oc1ccccc1. The number of carbonyl (C=O) groups is 2. The van der Waals surface area contributed by atoms with Crippen molar-refractivity contribution in [3.05, 3.63) is 30.3 Å². The van der Waals surface area contributed by atoms with Crippen molar-refractivity contribution < 1.29 is 24.2 Å². The van der Waals surface area contributed by atoms with Gasteiger partial charge in [0, 0.05) is 0 Å². The van der Waals surface area contributed by atoms with Crippen molar-refractivity contribution >= 4 is 12.1 Å². The molecule has 0 radical (unpaired) electrons. The second kappa shape index (κ2) is 7.00. The average molecular weight is 321 g/mol. The van der Waals surface area contributed by atoms with Gasteiger partial charge in [-0.3, -0.25) is 4.90 Å². The van der Waals surface area contributed by atoms with Crippen molar-refractivity contribution in [2.75, 3.05) is 6.54 Å². The maximum Gasteiger partial charge on any atom is 0.411 e. The van der Waals surface area contributed by atoms with Gasteiger partial charge in [0.15, 0.2) is 0 Å². The number of nitrogens with zero attached hydrogens (tertiary/aromatic N) is 1. The van der Waals surface area contributed by atoms with E-state index in [2.05, 4.69) is 0 Å². The lowest BCUT2D eigenvalue weighted by atomic mass is 10.0. The van der Waals surface area contributed by atoms with Gasteiger partial charge in [0.2, 0.25) is 0 Å². The summed E-state index contributed by atoms with van der Waals surface area (Å²) in [6.45, 7) is 5.32. The van der Waals surface area contributed by atoms with Gasteiger partial charge in [-0.2, -0.15) is 0 Å². The van der Waals surface area contributed by atoms with Crippen molar-refractivity contribution in [3.63, 3.8) is 0 Å². The molecule has 0 aliphatic carbocycles. The third kappa shape index (κ3) is 4.96. The Balaban J connectivity index is 2.10. The number of hydrogen-bond donors (Lipinski definition) is 1. The lowest BCUT2D eigenvalue weighted by Crippen LogP contribution is -2.54. The summed E-state index contributed by atoms with van der Waals surface area (Å²) in [7, 11) is 0. The number of likely N-dealkylation sites (tertiary alicyclic amines) is 1. The van der Waals surface area contributed by atoms with Gasteiger partial charge in [-0.25, -0.2) is 9.59 Å². The normalized spacial score (nSPS) is 21.7. The minimum absolute atomic E-state index is 0.0590. The van der Waals surface area contributed by atoms with E-state index in [1.54, 1.807) is 45.0 Å². The van der Waals surface area contributed by atoms with E-state index >= 15 is 0 Å². The molecule has 1 amide bonds. The molecule has 1 aromatic carbocycles. The van der Waals surface area contributed by atoms with E-state index in [9.17, 15) is 14.7 Å². The zero-order valence-electron chi connectivity index (χ0n) is 13.7. The highest BCUT2D eigenvalue weighted by molar-refractivity contribution is 5.83. The number of amides is 1. The predicted molar refractivity (Wildman–Crippen MR) is 84.0 cm³/mol. The zero-order chi connectivity index (χ0) is 17.0. The monoisotopic (exact) mass is 321 g/mol. The molecule has 1 aliphatic heterocycles. The molecule has 6 nitrogen and oxygen atoms in total. The Kier molecular flexibility index (Phi) is 5.26. The second-order valence-corrected chi connectivity index (χ2v) is 6.61. The molecule has 126 valence electrons. The van der Waals surface area contributed by atoms with Crippen LogP contribution in [0.4, 0.5) is 4.79 Å². The Morgan fingerprint density at radius 3 is 2.43 bits per heavy atom. The highest BCUT2D eigenvalue weighted by Gasteiger charge is 2.38. The molecule has 0 saturated carbocycles. The summed E-state index contributed by atoms with van der Waals surface area (Å²) in [4.78, 5) is 26.0. The number of aliphatic hydroxyl groups excluding tert-OH is 1. The number of piperidine rings is 1. The average Bonchev–Trinajstić information content (AvgIpc) is 2.46. The molecule has 0 aromatic heterocycles. The smallest absolute Gasteiger partial charge is 0.411 e. The number of para-hydroxylation sites is 1. The van der Waals surface area contributed by atoms with Crippen LogP contribution >= 0.6 is 0 Å². The second-order valence-electron chi connectivity index (χ2n) is 6.61.